The number of aromatic carboxylic acids is 1. The van der Waals surface area contributed by atoms with Crippen molar-refractivity contribution >= 4 is 27.8 Å². The number of aromatic nitrogens is 1. The highest BCUT2D eigenvalue weighted by Crippen LogP contribution is 2.35. The number of hydrogen-bond donors (Lipinski definition) is 1. The van der Waals surface area contributed by atoms with Gasteiger partial charge >= 0.3 is 12.1 Å². The summed E-state index contributed by atoms with van der Waals surface area (Å²) in [5.74, 6) is -1.03. The van der Waals surface area contributed by atoms with Gasteiger partial charge in [0.25, 0.3) is 0 Å². The predicted octanol–water partition coefficient (Wildman–Crippen LogP) is 6.12. The van der Waals surface area contributed by atoms with Crippen molar-refractivity contribution in [2.45, 2.75) is 20.0 Å². The number of carbonyl (C=O) groups is 1. The van der Waals surface area contributed by atoms with Crippen LogP contribution in [0.2, 0.25) is 0 Å². The number of alkyl halides is 3. The SMILES string of the molecule is Cc1cc2c3cc(C(=O)O)ccc3n(-c3ccc(C(F)(F)F)cc3)c2cc1C. The van der Waals surface area contributed by atoms with Gasteiger partial charge in [-0.2, -0.15) is 13.2 Å². The third-order valence-electron chi connectivity index (χ3n) is 5.08. The van der Waals surface area contributed by atoms with E-state index in [1.54, 1.807) is 12.1 Å². The van der Waals surface area contributed by atoms with Crippen LogP contribution in [0.4, 0.5) is 13.2 Å². The number of fused-ring (bicyclic) bond motifs is 3. The Hall–Kier alpha value is -3.28. The van der Waals surface area contributed by atoms with E-state index in [0.29, 0.717) is 5.69 Å². The molecule has 0 aliphatic rings. The van der Waals surface area contributed by atoms with Gasteiger partial charge in [-0.15, -0.1) is 0 Å². The van der Waals surface area contributed by atoms with E-state index < -0.39 is 17.7 Å². The first-order chi connectivity index (χ1) is 13.2. The third-order valence-corrected chi connectivity index (χ3v) is 5.08. The molecule has 0 amide bonds. The molecular weight excluding hydrogens is 367 g/mol. The van der Waals surface area contributed by atoms with E-state index in [4.69, 9.17) is 0 Å². The number of hydrogen-bond acceptors (Lipinski definition) is 1. The Kier molecular flexibility index (Phi) is 3.96. The fraction of sp³-hybridized carbons (Fsp3) is 0.136. The van der Waals surface area contributed by atoms with E-state index in [1.165, 1.54) is 18.2 Å². The van der Waals surface area contributed by atoms with Crippen LogP contribution in [0.3, 0.4) is 0 Å². The van der Waals surface area contributed by atoms with Gasteiger partial charge < -0.3 is 9.67 Å². The highest BCUT2D eigenvalue weighted by Gasteiger charge is 2.30. The van der Waals surface area contributed by atoms with Crippen molar-refractivity contribution < 1.29 is 23.1 Å². The molecule has 4 rings (SSSR count). The molecule has 0 saturated heterocycles. The lowest BCUT2D eigenvalue weighted by Gasteiger charge is -2.11. The summed E-state index contributed by atoms with van der Waals surface area (Å²) >= 11 is 0. The van der Waals surface area contributed by atoms with Crippen LogP contribution in [0.25, 0.3) is 27.5 Å². The average molecular weight is 383 g/mol. The number of nitrogens with zero attached hydrogens (tertiary/aromatic N) is 1. The first-order valence-corrected chi connectivity index (χ1v) is 8.63. The molecule has 3 aromatic carbocycles. The molecule has 0 fully saturated rings. The molecule has 1 heterocycles. The van der Waals surface area contributed by atoms with Crippen LogP contribution in [0, 0.1) is 13.8 Å². The van der Waals surface area contributed by atoms with E-state index >= 15 is 0 Å². The molecule has 0 aliphatic heterocycles. The van der Waals surface area contributed by atoms with Gasteiger partial charge in [-0.25, -0.2) is 4.79 Å². The topological polar surface area (TPSA) is 42.2 Å². The maximum atomic E-state index is 12.9. The van der Waals surface area contributed by atoms with Crippen molar-refractivity contribution in [3.63, 3.8) is 0 Å². The van der Waals surface area contributed by atoms with Crippen LogP contribution in [0.15, 0.2) is 54.6 Å². The lowest BCUT2D eigenvalue weighted by atomic mass is 10.0. The van der Waals surface area contributed by atoms with Crippen molar-refractivity contribution in [2.75, 3.05) is 0 Å². The van der Waals surface area contributed by atoms with Gasteiger partial charge in [0.1, 0.15) is 0 Å². The van der Waals surface area contributed by atoms with Crippen LogP contribution in [-0.4, -0.2) is 15.6 Å². The first kappa shape index (κ1) is 18.1. The molecule has 142 valence electrons. The van der Waals surface area contributed by atoms with Gasteiger partial charge in [0.2, 0.25) is 0 Å². The van der Waals surface area contributed by atoms with E-state index in [1.807, 2.05) is 30.5 Å². The lowest BCUT2D eigenvalue weighted by molar-refractivity contribution is -0.137. The third kappa shape index (κ3) is 2.81. The van der Waals surface area contributed by atoms with E-state index in [0.717, 1.165) is 45.1 Å². The minimum Gasteiger partial charge on any atom is -0.478 e. The standard InChI is InChI=1S/C22H16F3NO2/c1-12-9-17-18-11-14(21(27)28)3-8-19(18)26(20(17)10-13(12)2)16-6-4-15(5-7-16)22(23,24)25/h3-11H,1-2H3,(H,27,28). The Morgan fingerprint density at radius 3 is 2.07 bits per heavy atom. The number of carboxylic acid groups (broad SMARTS) is 1. The smallest absolute Gasteiger partial charge is 0.416 e. The molecule has 3 nitrogen and oxygen atoms in total. The predicted molar refractivity (Wildman–Crippen MR) is 102 cm³/mol. The monoisotopic (exact) mass is 383 g/mol. The molecule has 0 aliphatic carbocycles. The second kappa shape index (κ2) is 6.12. The average Bonchev–Trinajstić information content (AvgIpc) is 2.94. The van der Waals surface area contributed by atoms with Crippen LogP contribution >= 0.6 is 0 Å². The minimum absolute atomic E-state index is 0.164. The van der Waals surface area contributed by atoms with Gasteiger partial charge in [0, 0.05) is 16.5 Å². The minimum atomic E-state index is -4.40. The van der Waals surface area contributed by atoms with E-state index in [-0.39, 0.29) is 5.56 Å². The number of benzene rings is 3. The zero-order chi connectivity index (χ0) is 20.2. The van der Waals surface area contributed by atoms with Gasteiger partial charge in [0.15, 0.2) is 0 Å². The lowest BCUT2D eigenvalue weighted by Crippen LogP contribution is -2.05. The largest absolute Gasteiger partial charge is 0.478 e. The zero-order valence-electron chi connectivity index (χ0n) is 15.1. The van der Waals surface area contributed by atoms with Gasteiger partial charge in [-0.1, -0.05) is 0 Å². The summed E-state index contributed by atoms with van der Waals surface area (Å²) in [6, 6.07) is 13.7. The second-order valence-corrected chi connectivity index (χ2v) is 6.87. The fourth-order valence-corrected chi connectivity index (χ4v) is 3.49. The number of rotatable bonds is 2. The Balaban J connectivity index is 2.06. The van der Waals surface area contributed by atoms with Crippen molar-refractivity contribution in [3.05, 3.63) is 76.9 Å². The van der Waals surface area contributed by atoms with Crippen LogP contribution in [0.5, 0.6) is 0 Å². The van der Waals surface area contributed by atoms with Crippen molar-refractivity contribution in [3.8, 4) is 5.69 Å². The van der Waals surface area contributed by atoms with Gasteiger partial charge in [-0.05, 0) is 79.6 Å². The summed E-state index contributed by atoms with van der Waals surface area (Å²) in [6.45, 7) is 3.93. The summed E-state index contributed by atoms with van der Waals surface area (Å²) in [5, 5.41) is 10.9. The summed E-state index contributed by atoms with van der Waals surface area (Å²) in [5.41, 5.74) is 3.69. The first-order valence-electron chi connectivity index (χ1n) is 8.63. The molecular formula is C22H16F3NO2. The van der Waals surface area contributed by atoms with Crippen LogP contribution < -0.4 is 0 Å². The molecule has 1 N–H and O–H groups in total. The summed E-state index contributed by atoms with van der Waals surface area (Å²) in [7, 11) is 0. The molecule has 0 radical (unpaired) electrons. The van der Waals surface area contributed by atoms with Crippen molar-refractivity contribution in [2.24, 2.45) is 0 Å². The number of aryl methyl sites for hydroxylation is 2. The quantitative estimate of drug-likeness (QED) is 0.453. The molecule has 0 bridgehead atoms. The van der Waals surface area contributed by atoms with Gasteiger partial charge in [0.05, 0.1) is 22.2 Å². The summed E-state index contributed by atoms with van der Waals surface area (Å²) < 4.78 is 40.6. The maximum absolute atomic E-state index is 12.9. The highest BCUT2D eigenvalue weighted by atomic mass is 19.4. The molecule has 0 saturated carbocycles. The Morgan fingerprint density at radius 1 is 0.857 bits per heavy atom. The number of carboxylic acids is 1. The summed E-state index contributed by atoms with van der Waals surface area (Å²) in [4.78, 5) is 11.4. The maximum Gasteiger partial charge on any atom is 0.416 e. The molecule has 0 atom stereocenters. The van der Waals surface area contributed by atoms with Crippen LogP contribution in [0.1, 0.15) is 27.0 Å². The van der Waals surface area contributed by atoms with E-state index in [9.17, 15) is 23.1 Å². The Labute approximate surface area is 158 Å². The fourth-order valence-electron chi connectivity index (χ4n) is 3.49. The van der Waals surface area contributed by atoms with Crippen molar-refractivity contribution in [1.82, 2.24) is 4.57 Å². The van der Waals surface area contributed by atoms with Crippen LogP contribution in [-0.2, 0) is 6.18 Å². The molecule has 28 heavy (non-hydrogen) atoms. The molecule has 0 unspecified atom stereocenters. The van der Waals surface area contributed by atoms with Crippen molar-refractivity contribution in [1.29, 1.82) is 0 Å². The number of halogens is 3. The molecule has 1 aromatic heterocycles. The molecule has 0 spiro atoms. The Morgan fingerprint density at radius 2 is 1.46 bits per heavy atom. The highest BCUT2D eigenvalue weighted by molar-refractivity contribution is 6.11. The molecule has 4 aromatic rings. The Bertz CT molecular complexity index is 1240. The molecule has 6 heteroatoms. The normalized spacial score (nSPS) is 12.0. The van der Waals surface area contributed by atoms with E-state index in [2.05, 4.69) is 0 Å². The summed E-state index contributed by atoms with van der Waals surface area (Å²) in [6.07, 6.45) is -4.40. The second-order valence-electron chi connectivity index (χ2n) is 6.87. The van der Waals surface area contributed by atoms with Gasteiger partial charge in [-0.3, -0.25) is 0 Å². The zero-order valence-corrected chi connectivity index (χ0v) is 15.1.